The fourth-order valence-corrected chi connectivity index (χ4v) is 3.12. The van der Waals surface area contributed by atoms with Gasteiger partial charge in [0.25, 0.3) is 5.91 Å². The highest BCUT2D eigenvalue weighted by Crippen LogP contribution is 2.17. The zero-order valence-corrected chi connectivity index (χ0v) is 16.4. The maximum absolute atomic E-state index is 13.7. The second kappa shape index (κ2) is 9.62. The van der Waals surface area contributed by atoms with Crippen molar-refractivity contribution in [2.45, 2.75) is 13.0 Å². The average Bonchev–Trinajstić information content (AvgIpc) is 2.74. The first-order valence-corrected chi connectivity index (χ1v) is 9.49. The number of anilines is 1. The lowest BCUT2D eigenvalue weighted by atomic mass is 10.2. The summed E-state index contributed by atoms with van der Waals surface area (Å²) in [5.41, 5.74) is -0.0833. The lowest BCUT2D eigenvalue weighted by Gasteiger charge is -2.37. The Morgan fingerprint density at radius 2 is 1.63 bits per heavy atom. The Morgan fingerprint density at radius 3 is 2.27 bits per heavy atom. The molecule has 30 heavy (non-hydrogen) atoms. The van der Waals surface area contributed by atoms with Crippen LogP contribution < -0.4 is 10.1 Å². The highest BCUT2D eigenvalue weighted by atomic mass is 19.1. The smallest absolute Gasteiger partial charge is 0.260 e. The predicted octanol–water partition coefficient (Wildman–Crippen LogP) is 2.65. The molecule has 0 aromatic heterocycles. The monoisotopic (exact) mass is 421 g/mol. The van der Waals surface area contributed by atoms with Gasteiger partial charge in [-0.15, -0.1) is 0 Å². The maximum atomic E-state index is 13.7. The fraction of sp³-hybridized carbons (Fsp3) is 0.333. The number of hydrogen-bond donors (Lipinski definition) is 1. The number of hydrogen-bond acceptors (Lipinski definition) is 4. The number of nitrogens with zero attached hydrogens (tertiary/aromatic N) is 2. The molecule has 2 aromatic carbocycles. The Hall–Kier alpha value is -3.07. The van der Waals surface area contributed by atoms with Crippen LogP contribution in [0, 0.1) is 17.5 Å². The first-order valence-electron chi connectivity index (χ1n) is 9.49. The molecule has 1 aliphatic rings. The Kier molecular flexibility index (Phi) is 6.94. The summed E-state index contributed by atoms with van der Waals surface area (Å²) in [4.78, 5) is 28.2. The van der Waals surface area contributed by atoms with Gasteiger partial charge in [-0.1, -0.05) is 0 Å². The number of benzene rings is 2. The van der Waals surface area contributed by atoms with E-state index in [1.807, 2.05) is 4.90 Å². The van der Waals surface area contributed by atoms with Gasteiger partial charge in [-0.05, 0) is 43.3 Å². The maximum Gasteiger partial charge on any atom is 0.260 e. The number of amides is 2. The van der Waals surface area contributed by atoms with Crippen molar-refractivity contribution < 1.29 is 27.5 Å². The molecule has 1 N–H and O–H groups in total. The van der Waals surface area contributed by atoms with Crippen molar-refractivity contribution in [1.82, 2.24) is 9.80 Å². The number of halogens is 3. The molecular weight excluding hydrogens is 399 g/mol. The van der Waals surface area contributed by atoms with E-state index in [1.54, 1.807) is 11.8 Å². The number of carbonyl (C=O) groups excluding carboxylic acids is 2. The van der Waals surface area contributed by atoms with Gasteiger partial charge in [0.1, 0.15) is 23.2 Å². The minimum absolute atomic E-state index is 0.0833. The minimum Gasteiger partial charge on any atom is -0.484 e. The molecule has 1 fully saturated rings. The molecule has 1 heterocycles. The molecule has 1 unspecified atom stereocenters. The van der Waals surface area contributed by atoms with Gasteiger partial charge in [0, 0.05) is 32.2 Å². The molecule has 9 heteroatoms. The van der Waals surface area contributed by atoms with Crippen LogP contribution in [0.25, 0.3) is 0 Å². The van der Waals surface area contributed by atoms with Gasteiger partial charge < -0.3 is 15.0 Å². The summed E-state index contributed by atoms with van der Waals surface area (Å²) in [6.07, 6.45) is 0. The van der Waals surface area contributed by atoms with E-state index < -0.39 is 23.6 Å². The Labute approximate surface area is 172 Å². The van der Waals surface area contributed by atoms with Crippen molar-refractivity contribution in [2.75, 3.05) is 38.1 Å². The molecule has 0 saturated carbocycles. The highest BCUT2D eigenvalue weighted by Gasteiger charge is 2.28. The molecule has 0 radical (unpaired) electrons. The first-order chi connectivity index (χ1) is 14.3. The van der Waals surface area contributed by atoms with Gasteiger partial charge in [0.05, 0.1) is 11.7 Å². The van der Waals surface area contributed by atoms with Gasteiger partial charge in [-0.2, -0.15) is 0 Å². The minimum atomic E-state index is -0.841. The van der Waals surface area contributed by atoms with E-state index in [4.69, 9.17) is 4.74 Å². The van der Waals surface area contributed by atoms with Crippen molar-refractivity contribution >= 4 is 17.5 Å². The molecule has 1 aliphatic heterocycles. The van der Waals surface area contributed by atoms with E-state index in [0.717, 1.165) is 6.07 Å². The third-order valence-electron chi connectivity index (χ3n) is 4.96. The van der Waals surface area contributed by atoms with E-state index in [2.05, 4.69) is 5.32 Å². The van der Waals surface area contributed by atoms with Gasteiger partial charge >= 0.3 is 0 Å². The quantitative estimate of drug-likeness (QED) is 0.779. The molecule has 0 aliphatic carbocycles. The summed E-state index contributed by atoms with van der Waals surface area (Å²) in [5, 5.41) is 2.46. The molecule has 1 atom stereocenters. The summed E-state index contributed by atoms with van der Waals surface area (Å²) in [7, 11) is 0. The number of rotatable bonds is 6. The van der Waals surface area contributed by atoms with Crippen molar-refractivity contribution in [3.63, 3.8) is 0 Å². The zero-order chi connectivity index (χ0) is 21.7. The van der Waals surface area contributed by atoms with Crippen LogP contribution in [0.3, 0.4) is 0 Å². The lowest BCUT2D eigenvalue weighted by molar-refractivity contribution is -0.135. The zero-order valence-electron chi connectivity index (χ0n) is 16.4. The summed E-state index contributed by atoms with van der Waals surface area (Å²) in [6.45, 7) is 3.27. The standard InChI is InChI=1S/C21H22F3N3O3/c1-14(21(29)25-19-7-4-16(23)12-18(19)24)26-8-10-27(11-9-26)20(28)13-30-17-5-2-15(22)3-6-17/h2-7,12,14H,8-11,13H2,1H3,(H,25,29). The van der Waals surface area contributed by atoms with Gasteiger partial charge in [0.2, 0.25) is 5.91 Å². The molecule has 2 amide bonds. The normalized spacial score (nSPS) is 15.5. The molecule has 2 aromatic rings. The largest absolute Gasteiger partial charge is 0.484 e. The van der Waals surface area contributed by atoms with Crippen LogP contribution in [0.5, 0.6) is 5.75 Å². The van der Waals surface area contributed by atoms with E-state index in [1.165, 1.54) is 30.3 Å². The van der Waals surface area contributed by atoms with Gasteiger partial charge in [-0.25, -0.2) is 13.2 Å². The first kappa shape index (κ1) is 21.6. The molecule has 0 bridgehead atoms. The summed E-state index contributed by atoms with van der Waals surface area (Å²) >= 11 is 0. The Morgan fingerprint density at radius 1 is 1.00 bits per heavy atom. The molecule has 6 nitrogen and oxygen atoms in total. The van der Waals surface area contributed by atoms with Crippen molar-refractivity contribution in [1.29, 1.82) is 0 Å². The van der Waals surface area contributed by atoms with Crippen LogP contribution in [0.1, 0.15) is 6.92 Å². The van der Waals surface area contributed by atoms with Crippen LogP contribution >= 0.6 is 0 Å². The predicted molar refractivity (Wildman–Crippen MR) is 104 cm³/mol. The number of nitrogens with one attached hydrogen (secondary N) is 1. The van der Waals surface area contributed by atoms with E-state index in [0.29, 0.717) is 38.0 Å². The lowest BCUT2D eigenvalue weighted by Crippen LogP contribution is -2.54. The van der Waals surface area contributed by atoms with Crippen LogP contribution in [0.4, 0.5) is 18.9 Å². The number of piperazine rings is 1. The summed E-state index contributed by atoms with van der Waals surface area (Å²) in [6, 6.07) is 7.80. The molecule has 160 valence electrons. The molecule has 3 rings (SSSR count). The van der Waals surface area contributed by atoms with Crippen LogP contribution in [0.2, 0.25) is 0 Å². The summed E-state index contributed by atoms with van der Waals surface area (Å²) in [5.74, 6) is -2.16. The topological polar surface area (TPSA) is 61.9 Å². The molecular formula is C21H22F3N3O3. The fourth-order valence-electron chi connectivity index (χ4n) is 3.12. The Bertz CT molecular complexity index is 900. The van der Waals surface area contributed by atoms with Crippen LogP contribution in [-0.4, -0.2) is 60.4 Å². The van der Waals surface area contributed by atoms with Crippen LogP contribution in [-0.2, 0) is 9.59 Å². The third-order valence-corrected chi connectivity index (χ3v) is 4.96. The third kappa shape index (κ3) is 5.50. The van der Waals surface area contributed by atoms with E-state index in [-0.39, 0.29) is 24.0 Å². The second-order valence-electron chi connectivity index (χ2n) is 6.95. The SMILES string of the molecule is CC(C(=O)Nc1ccc(F)cc1F)N1CCN(C(=O)COc2ccc(F)cc2)CC1. The molecule has 1 saturated heterocycles. The number of carbonyl (C=O) groups is 2. The van der Waals surface area contributed by atoms with Crippen molar-refractivity contribution in [3.05, 3.63) is 59.9 Å². The summed E-state index contributed by atoms with van der Waals surface area (Å²) < 4.78 is 45.0. The Balaban J connectivity index is 1.46. The van der Waals surface area contributed by atoms with E-state index in [9.17, 15) is 22.8 Å². The highest BCUT2D eigenvalue weighted by molar-refractivity contribution is 5.94. The molecule has 0 spiro atoms. The van der Waals surface area contributed by atoms with E-state index >= 15 is 0 Å². The van der Waals surface area contributed by atoms with Crippen LogP contribution in [0.15, 0.2) is 42.5 Å². The van der Waals surface area contributed by atoms with Crippen molar-refractivity contribution in [3.8, 4) is 5.75 Å². The van der Waals surface area contributed by atoms with Crippen molar-refractivity contribution in [2.24, 2.45) is 0 Å². The van der Waals surface area contributed by atoms with Gasteiger partial charge in [-0.3, -0.25) is 14.5 Å². The van der Waals surface area contributed by atoms with Gasteiger partial charge in [0.15, 0.2) is 6.61 Å². The second-order valence-corrected chi connectivity index (χ2v) is 6.95. The average molecular weight is 421 g/mol. The number of ether oxygens (including phenoxy) is 1.